The average Bonchev–Trinajstić information content (AvgIpc) is 2.35. The second kappa shape index (κ2) is 6.22. The Morgan fingerprint density at radius 1 is 1.33 bits per heavy atom. The van der Waals surface area contributed by atoms with Crippen molar-refractivity contribution >= 4 is 27.7 Å². The summed E-state index contributed by atoms with van der Waals surface area (Å²) in [5.41, 5.74) is -1.71. The van der Waals surface area contributed by atoms with Crippen molar-refractivity contribution in [2.45, 2.75) is 23.2 Å². The van der Waals surface area contributed by atoms with E-state index in [1.165, 1.54) is 6.92 Å². The summed E-state index contributed by atoms with van der Waals surface area (Å²) < 4.78 is 76.0. The molecule has 1 atom stereocenters. The molecule has 0 spiro atoms. The number of hydrogen-bond acceptors (Lipinski definition) is 4. The summed E-state index contributed by atoms with van der Waals surface area (Å²) in [5.74, 6) is -2.47. The van der Waals surface area contributed by atoms with Gasteiger partial charge in [0.05, 0.1) is 15.7 Å². The molecule has 21 heavy (non-hydrogen) atoms. The number of amides is 1. The van der Waals surface area contributed by atoms with E-state index >= 15 is 0 Å². The van der Waals surface area contributed by atoms with Gasteiger partial charge in [-0.15, -0.1) is 0 Å². The third kappa shape index (κ3) is 4.34. The van der Waals surface area contributed by atoms with Crippen molar-refractivity contribution in [3.8, 4) is 0 Å². The van der Waals surface area contributed by atoms with Crippen molar-refractivity contribution in [1.29, 1.82) is 0 Å². The zero-order valence-corrected chi connectivity index (χ0v) is 12.5. The van der Waals surface area contributed by atoms with E-state index < -0.39 is 43.6 Å². The maximum Gasteiger partial charge on any atom is 0.419 e. The summed E-state index contributed by atoms with van der Waals surface area (Å²) in [6, 6.07) is 1.19. The molecule has 0 bridgehead atoms. The number of thioether (sulfide) groups is 1. The lowest BCUT2D eigenvalue weighted by molar-refractivity contribution is -0.140. The molecule has 1 aromatic carbocycles. The van der Waals surface area contributed by atoms with E-state index in [2.05, 4.69) is 0 Å². The highest BCUT2D eigenvalue weighted by Crippen LogP contribution is 2.32. The Morgan fingerprint density at radius 3 is 2.38 bits per heavy atom. The van der Waals surface area contributed by atoms with Crippen molar-refractivity contribution in [2.75, 3.05) is 6.26 Å². The van der Waals surface area contributed by atoms with Crippen LogP contribution in [-0.4, -0.2) is 25.8 Å². The van der Waals surface area contributed by atoms with Crippen molar-refractivity contribution < 1.29 is 30.8 Å². The van der Waals surface area contributed by atoms with Crippen LogP contribution in [0.15, 0.2) is 23.1 Å². The number of rotatable bonds is 4. The lowest BCUT2D eigenvalue weighted by atomic mass is 10.2. The van der Waals surface area contributed by atoms with Crippen LogP contribution in [0.4, 0.5) is 17.6 Å². The SMILES string of the molecule is CSC(C)C(=O)NS(=O)(=O)c1ccc(F)c(C(F)(F)F)c1. The Kier molecular flexibility index (Phi) is 5.26. The largest absolute Gasteiger partial charge is 0.419 e. The van der Waals surface area contributed by atoms with Gasteiger partial charge in [-0.05, 0) is 31.4 Å². The molecule has 0 fully saturated rings. The van der Waals surface area contributed by atoms with Crippen LogP contribution in [0, 0.1) is 5.82 Å². The first-order valence-corrected chi connectivity index (χ1v) is 8.22. The molecule has 118 valence electrons. The molecule has 1 rings (SSSR count). The maximum absolute atomic E-state index is 13.1. The second-order valence-electron chi connectivity index (χ2n) is 3.99. The molecule has 0 radical (unpaired) electrons. The highest BCUT2D eigenvalue weighted by molar-refractivity contribution is 8.00. The van der Waals surface area contributed by atoms with Crippen LogP contribution >= 0.6 is 11.8 Å². The molecule has 0 aliphatic carbocycles. The molecule has 0 heterocycles. The maximum atomic E-state index is 13.1. The normalized spacial score (nSPS) is 13.8. The first-order valence-electron chi connectivity index (χ1n) is 5.45. The molecule has 0 saturated carbocycles. The van der Waals surface area contributed by atoms with E-state index in [0.717, 1.165) is 11.8 Å². The van der Waals surface area contributed by atoms with Gasteiger partial charge in [-0.25, -0.2) is 17.5 Å². The Balaban J connectivity index is 3.19. The summed E-state index contributed by atoms with van der Waals surface area (Å²) in [6.45, 7) is 1.43. The smallest absolute Gasteiger partial charge is 0.273 e. The molecule has 1 unspecified atom stereocenters. The highest BCUT2D eigenvalue weighted by Gasteiger charge is 2.35. The van der Waals surface area contributed by atoms with Gasteiger partial charge in [-0.1, -0.05) is 0 Å². The summed E-state index contributed by atoms with van der Waals surface area (Å²) in [5, 5.41) is -0.706. The number of carbonyl (C=O) groups excluding carboxylic acids is 1. The number of nitrogens with one attached hydrogen (secondary N) is 1. The van der Waals surface area contributed by atoms with Gasteiger partial charge in [0.1, 0.15) is 5.82 Å². The number of alkyl halides is 3. The Hall–Kier alpha value is -1.29. The van der Waals surface area contributed by atoms with Gasteiger partial charge < -0.3 is 0 Å². The average molecular weight is 345 g/mol. The van der Waals surface area contributed by atoms with E-state index in [1.54, 1.807) is 11.0 Å². The van der Waals surface area contributed by atoms with E-state index in [1.807, 2.05) is 0 Å². The van der Waals surface area contributed by atoms with Crippen molar-refractivity contribution in [3.63, 3.8) is 0 Å². The third-order valence-corrected chi connectivity index (χ3v) is 4.78. The van der Waals surface area contributed by atoms with Crippen LogP contribution in [-0.2, 0) is 21.0 Å². The van der Waals surface area contributed by atoms with Crippen molar-refractivity contribution in [3.05, 3.63) is 29.6 Å². The van der Waals surface area contributed by atoms with Crippen LogP contribution in [0.5, 0.6) is 0 Å². The van der Waals surface area contributed by atoms with Gasteiger partial charge in [0, 0.05) is 0 Å². The van der Waals surface area contributed by atoms with Crippen LogP contribution < -0.4 is 4.72 Å². The van der Waals surface area contributed by atoms with Crippen molar-refractivity contribution in [2.24, 2.45) is 0 Å². The molecule has 4 nitrogen and oxygen atoms in total. The Morgan fingerprint density at radius 2 is 1.90 bits per heavy atom. The first kappa shape index (κ1) is 17.8. The Bertz CT molecular complexity index is 643. The summed E-state index contributed by atoms with van der Waals surface area (Å²) in [4.78, 5) is 10.7. The van der Waals surface area contributed by atoms with Gasteiger partial charge >= 0.3 is 6.18 Å². The lowest BCUT2D eigenvalue weighted by Crippen LogP contribution is -2.36. The van der Waals surface area contributed by atoms with Crippen LogP contribution in [0.2, 0.25) is 0 Å². The summed E-state index contributed by atoms with van der Waals surface area (Å²) in [6.07, 6.45) is -3.47. The zero-order valence-electron chi connectivity index (χ0n) is 10.9. The van der Waals surface area contributed by atoms with E-state index in [4.69, 9.17) is 0 Å². The second-order valence-corrected chi connectivity index (χ2v) is 6.85. The summed E-state index contributed by atoms with van der Waals surface area (Å²) >= 11 is 1.06. The quantitative estimate of drug-likeness (QED) is 0.851. The first-order chi connectivity index (χ1) is 9.49. The van der Waals surface area contributed by atoms with E-state index in [-0.39, 0.29) is 6.07 Å². The predicted octanol–water partition coefficient (Wildman–Crippen LogP) is 2.40. The summed E-state index contributed by atoms with van der Waals surface area (Å²) in [7, 11) is -4.49. The Labute approximate surface area is 123 Å². The van der Waals surface area contributed by atoms with Crippen LogP contribution in [0.1, 0.15) is 12.5 Å². The number of carbonyl (C=O) groups is 1. The zero-order chi connectivity index (χ0) is 16.4. The van der Waals surface area contributed by atoms with E-state index in [9.17, 15) is 30.8 Å². The minimum Gasteiger partial charge on any atom is -0.273 e. The minimum atomic E-state index is -5.04. The standard InChI is InChI=1S/C11H11F4NO3S2/c1-6(20-2)10(17)16-21(18,19)7-3-4-9(12)8(5-7)11(13,14)15/h3-6H,1-2H3,(H,16,17). The van der Waals surface area contributed by atoms with Gasteiger partial charge in [0.25, 0.3) is 10.0 Å². The molecular formula is C11H11F4NO3S2. The lowest BCUT2D eigenvalue weighted by Gasteiger charge is -2.13. The monoisotopic (exact) mass is 345 g/mol. The minimum absolute atomic E-state index is 0.148. The van der Waals surface area contributed by atoms with Gasteiger partial charge in [0.15, 0.2) is 0 Å². The third-order valence-electron chi connectivity index (χ3n) is 2.51. The topological polar surface area (TPSA) is 63.2 Å². The molecule has 0 aromatic heterocycles. The van der Waals surface area contributed by atoms with Crippen LogP contribution in [0.3, 0.4) is 0 Å². The molecular weight excluding hydrogens is 334 g/mol. The molecule has 1 aromatic rings. The molecule has 1 amide bonds. The fourth-order valence-corrected chi connectivity index (χ4v) is 2.70. The number of hydrogen-bond donors (Lipinski definition) is 1. The molecule has 0 aliphatic rings. The fourth-order valence-electron chi connectivity index (χ4n) is 1.27. The van der Waals surface area contributed by atoms with Crippen molar-refractivity contribution in [1.82, 2.24) is 4.72 Å². The van der Waals surface area contributed by atoms with Gasteiger partial charge in [-0.2, -0.15) is 24.9 Å². The number of benzene rings is 1. The molecule has 0 saturated heterocycles. The molecule has 10 heteroatoms. The number of halogens is 4. The van der Waals surface area contributed by atoms with E-state index in [0.29, 0.717) is 12.1 Å². The number of sulfonamides is 1. The van der Waals surface area contributed by atoms with Gasteiger partial charge in [0.2, 0.25) is 5.91 Å². The van der Waals surface area contributed by atoms with Gasteiger partial charge in [-0.3, -0.25) is 4.79 Å². The van der Waals surface area contributed by atoms with Crippen LogP contribution in [0.25, 0.3) is 0 Å². The molecule has 0 aliphatic heterocycles. The highest BCUT2D eigenvalue weighted by atomic mass is 32.2. The predicted molar refractivity (Wildman–Crippen MR) is 69.7 cm³/mol. The fraction of sp³-hybridized carbons (Fsp3) is 0.364. The molecule has 1 N–H and O–H groups in total.